The molecule has 0 atom stereocenters. The molecule has 2 aromatic carbocycles. The summed E-state index contributed by atoms with van der Waals surface area (Å²) < 4.78 is 0. The van der Waals surface area contributed by atoms with Crippen molar-refractivity contribution in [1.29, 1.82) is 0 Å². The average molecular weight is 223 g/mol. The van der Waals surface area contributed by atoms with Crippen molar-refractivity contribution in [1.82, 2.24) is 0 Å². The van der Waals surface area contributed by atoms with E-state index in [1.165, 1.54) is 0 Å². The van der Waals surface area contributed by atoms with Crippen LogP contribution in [0.25, 0.3) is 11.1 Å². The van der Waals surface area contributed by atoms with E-state index >= 15 is 0 Å². The van der Waals surface area contributed by atoms with Crippen LogP contribution in [0.3, 0.4) is 0 Å². The summed E-state index contributed by atoms with van der Waals surface area (Å²) in [4.78, 5) is 12.1. The Morgan fingerprint density at radius 1 is 0.765 bits per heavy atom. The highest BCUT2D eigenvalue weighted by atomic mass is 16.4. The van der Waals surface area contributed by atoms with Gasteiger partial charge in [0.15, 0.2) is 5.71 Å². The van der Waals surface area contributed by atoms with Gasteiger partial charge in [-0.2, -0.15) is 0 Å². The van der Waals surface area contributed by atoms with Gasteiger partial charge in [0.2, 0.25) is 5.78 Å². The molecule has 0 fully saturated rings. The lowest BCUT2D eigenvalue weighted by Crippen LogP contribution is -2.22. The molecule has 0 aliphatic heterocycles. The number of carbonyl (C=O) groups excluding carboxylic acids is 1. The molecular weight excluding hydrogens is 214 g/mol. The number of nitrogens with zero attached hydrogens (tertiary/aromatic N) is 1. The van der Waals surface area contributed by atoms with E-state index < -0.39 is 0 Å². The molecule has 2 aromatic rings. The van der Waals surface area contributed by atoms with Crippen molar-refractivity contribution in [3.63, 3.8) is 0 Å². The third kappa shape index (κ3) is 1.29. The normalized spacial score (nSPS) is 15.5. The third-order valence-electron chi connectivity index (χ3n) is 2.96. The Bertz CT molecular complexity index is 644. The van der Waals surface area contributed by atoms with Crippen molar-refractivity contribution >= 4 is 11.5 Å². The first-order valence-electron chi connectivity index (χ1n) is 5.28. The smallest absolute Gasteiger partial charge is 0.216 e. The summed E-state index contributed by atoms with van der Waals surface area (Å²) in [6.07, 6.45) is 0. The maximum atomic E-state index is 12.1. The second-order valence-corrected chi connectivity index (χ2v) is 3.87. The standard InChI is InChI=1S/C14H9NO2/c16-14-12-8-4-2-6-10(12)9-5-1-3-7-11(9)13(14)15-17/h1-8,17H/b15-13-. The van der Waals surface area contributed by atoms with E-state index in [4.69, 9.17) is 5.21 Å². The Kier molecular flexibility index (Phi) is 2.05. The SMILES string of the molecule is O=C1/C(=N\O)c2ccccc2-c2ccccc21. The highest BCUT2D eigenvalue weighted by Crippen LogP contribution is 2.33. The molecule has 17 heavy (non-hydrogen) atoms. The largest absolute Gasteiger partial charge is 0.410 e. The van der Waals surface area contributed by atoms with E-state index in [9.17, 15) is 4.79 Å². The van der Waals surface area contributed by atoms with Crippen molar-refractivity contribution in [2.75, 3.05) is 0 Å². The average Bonchev–Trinajstić information content (AvgIpc) is 2.40. The fourth-order valence-corrected chi connectivity index (χ4v) is 2.19. The van der Waals surface area contributed by atoms with E-state index in [1.54, 1.807) is 18.2 Å². The predicted molar refractivity (Wildman–Crippen MR) is 64.5 cm³/mol. The van der Waals surface area contributed by atoms with Gasteiger partial charge in [-0.15, -0.1) is 0 Å². The molecule has 0 aromatic heterocycles. The molecule has 0 amide bonds. The molecule has 82 valence electrons. The van der Waals surface area contributed by atoms with Crippen LogP contribution in [0.5, 0.6) is 0 Å². The molecule has 0 radical (unpaired) electrons. The minimum absolute atomic E-state index is 0.110. The van der Waals surface area contributed by atoms with E-state index in [2.05, 4.69) is 5.16 Å². The summed E-state index contributed by atoms with van der Waals surface area (Å²) >= 11 is 0. The van der Waals surface area contributed by atoms with Gasteiger partial charge in [0.1, 0.15) is 0 Å². The summed E-state index contributed by atoms with van der Waals surface area (Å²) in [6, 6.07) is 14.8. The molecular formula is C14H9NO2. The second kappa shape index (κ2) is 3.56. The topological polar surface area (TPSA) is 49.7 Å². The molecule has 0 bridgehead atoms. The van der Waals surface area contributed by atoms with Crippen molar-refractivity contribution < 1.29 is 10.0 Å². The van der Waals surface area contributed by atoms with Crippen LogP contribution in [0.4, 0.5) is 0 Å². The van der Waals surface area contributed by atoms with Gasteiger partial charge in [0.05, 0.1) is 0 Å². The first kappa shape index (κ1) is 9.78. The lowest BCUT2D eigenvalue weighted by Gasteiger charge is -2.18. The Labute approximate surface area is 98.0 Å². The Morgan fingerprint density at radius 3 is 1.82 bits per heavy atom. The number of hydrogen-bond donors (Lipinski definition) is 1. The summed E-state index contributed by atoms with van der Waals surface area (Å²) in [5.41, 5.74) is 3.19. The van der Waals surface area contributed by atoms with Gasteiger partial charge in [0, 0.05) is 11.1 Å². The van der Waals surface area contributed by atoms with E-state index in [1.807, 2.05) is 30.3 Å². The lowest BCUT2D eigenvalue weighted by atomic mass is 9.83. The van der Waals surface area contributed by atoms with Crippen LogP contribution >= 0.6 is 0 Å². The number of oxime groups is 1. The maximum absolute atomic E-state index is 12.1. The van der Waals surface area contributed by atoms with Crippen LogP contribution in [-0.4, -0.2) is 16.7 Å². The van der Waals surface area contributed by atoms with Crippen molar-refractivity contribution in [3.05, 3.63) is 59.7 Å². The Morgan fingerprint density at radius 2 is 1.24 bits per heavy atom. The quantitative estimate of drug-likeness (QED) is 0.551. The van der Waals surface area contributed by atoms with Gasteiger partial charge < -0.3 is 5.21 Å². The van der Waals surface area contributed by atoms with Gasteiger partial charge in [-0.1, -0.05) is 53.7 Å². The van der Waals surface area contributed by atoms with Crippen molar-refractivity contribution in [2.24, 2.45) is 5.16 Å². The van der Waals surface area contributed by atoms with Gasteiger partial charge in [0.25, 0.3) is 0 Å². The second-order valence-electron chi connectivity index (χ2n) is 3.87. The minimum Gasteiger partial charge on any atom is -0.410 e. The van der Waals surface area contributed by atoms with Crippen molar-refractivity contribution in [3.8, 4) is 11.1 Å². The molecule has 1 aliphatic rings. The van der Waals surface area contributed by atoms with Crippen LogP contribution in [0.15, 0.2) is 53.7 Å². The van der Waals surface area contributed by atoms with Crippen LogP contribution in [0.1, 0.15) is 15.9 Å². The molecule has 1 N–H and O–H groups in total. The van der Waals surface area contributed by atoms with Gasteiger partial charge in [-0.25, -0.2) is 0 Å². The first-order chi connectivity index (χ1) is 8.33. The van der Waals surface area contributed by atoms with Gasteiger partial charge >= 0.3 is 0 Å². The zero-order chi connectivity index (χ0) is 11.8. The van der Waals surface area contributed by atoms with Gasteiger partial charge in [-0.05, 0) is 11.1 Å². The minimum atomic E-state index is -0.234. The molecule has 0 heterocycles. The zero-order valence-electron chi connectivity index (χ0n) is 8.92. The number of rotatable bonds is 0. The fraction of sp³-hybridized carbons (Fsp3) is 0. The first-order valence-corrected chi connectivity index (χ1v) is 5.28. The number of carbonyl (C=O) groups is 1. The predicted octanol–water partition coefficient (Wildman–Crippen LogP) is 2.73. The lowest BCUT2D eigenvalue weighted by molar-refractivity contribution is 0.106. The molecule has 3 nitrogen and oxygen atoms in total. The van der Waals surface area contributed by atoms with E-state index in [0.717, 1.165) is 11.1 Å². The maximum Gasteiger partial charge on any atom is 0.216 e. The van der Waals surface area contributed by atoms with Crippen molar-refractivity contribution in [2.45, 2.75) is 0 Å². The summed E-state index contributed by atoms with van der Waals surface area (Å²) in [7, 11) is 0. The molecule has 0 saturated carbocycles. The van der Waals surface area contributed by atoms with E-state index in [0.29, 0.717) is 11.1 Å². The fourth-order valence-electron chi connectivity index (χ4n) is 2.19. The number of benzene rings is 2. The highest BCUT2D eigenvalue weighted by molar-refractivity contribution is 6.54. The number of ketones is 1. The summed E-state index contributed by atoms with van der Waals surface area (Å²) in [5.74, 6) is -0.234. The molecule has 3 rings (SSSR count). The summed E-state index contributed by atoms with van der Waals surface area (Å²) in [6.45, 7) is 0. The molecule has 1 aliphatic carbocycles. The van der Waals surface area contributed by atoms with Crippen LogP contribution < -0.4 is 0 Å². The van der Waals surface area contributed by atoms with E-state index in [-0.39, 0.29) is 11.5 Å². The Hall–Kier alpha value is -2.42. The van der Waals surface area contributed by atoms with Crippen LogP contribution in [-0.2, 0) is 0 Å². The molecule has 0 saturated heterocycles. The zero-order valence-corrected chi connectivity index (χ0v) is 8.92. The molecule has 0 spiro atoms. The monoisotopic (exact) mass is 223 g/mol. The molecule has 3 heteroatoms. The van der Waals surface area contributed by atoms with Gasteiger partial charge in [-0.3, -0.25) is 4.79 Å². The number of Topliss-reactive ketones (excluding diaryl/α,β-unsaturated/α-hetero) is 1. The summed E-state index contributed by atoms with van der Waals surface area (Å²) in [5, 5.41) is 12.1. The number of fused-ring (bicyclic) bond motifs is 3. The Balaban J connectivity index is 2.41. The number of hydrogen-bond acceptors (Lipinski definition) is 3. The van der Waals surface area contributed by atoms with Crippen LogP contribution in [0.2, 0.25) is 0 Å². The highest BCUT2D eigenvalue weighted by Gasteiger charge is 2.28. The van der Waals surface area contributed by atoms with Crippen LogP contribution in [0, 0.1) is 0 Å². The molecule has 0 unspecified atom stereocenters. The third-order valence-corrected chi connectivity index (χ3v) is 2.96.